The van der Waals surface area contributed by atoms with Crippen LogP contribution >= 0.6 is 11.6 Å². The second kappa shape index (κ2) is 8.73. The molecule has 0 bridgehead atoms. The third-order valence-corrected chi connectivity index (χ3v) is 5.35. The highest BCUT2D eigenvalue weighted by molar-refractivity contribution is 6.30. The maximum Gasteiger partial charge on any atom is 0.295 e. The molecule has 2 aromatic heterocycles. The van der Waals surface area contributed by atoms with E-state index in [4.69, 9.17) is 11.6 Å². The van der Waals surface area contributed by atoms with Crippen molar-refractivity contribution < 1.29 is 4.79 Å². The molecule has 1 amide bonds. The van der Waals surface area contributed by atoms with Crippen LogP contribution in [0.1, 0.15) is 23.4 Å². The van der Waals surface area contributed by atoms with Gasteiger partial charge in [0.05, 0.1) is 29.0 Å². The number of aromatic nitrogens is 4. The van der Waals surface area contributed by atoms with Crippen LogP contribution in [0.5, 0.6) is 0 Å². The molecule has 4 aromatic rings. The average molecular weight is 436 g/mol. The number of nitrogens with zero attached hydrogens (tertiary/aromatic N) is 4. The summed E-state index contributed by atoms with van der Waals surface area (Å²) in [4.78, 5) is 25.3. The smallest absolute Gasteiger partial charge is 0.295 e. The largest absolute Gasteiger partial charge is 0.352 e. The van der Waals surface area contributed by atoms with E-state index >= 15 is 0 Å². The first kappa shape index (κ1) is 20.8. The van der Waals surface area contributed by atoms with Crippen LogP contribution in [0.3, 0.4) is 0 Å². The molecule has 1 N–H and O–H groups in total. The van der Waals surface area contributed by atoms with Gasteiger partial charge in [0.25, 0.3) is 5.56 Å². The highest BCUT2D eigenvalue weighted by Crippen LogP contribution is 2.21. The number of fused-ring (bicyclic) bond motifs is 1. The Bertz CT molecular complexity index is 1310. The lowest BCUT2D eigenvalue weighted by Gasteiger charge is -2.08. The van der Waals surface area contributed by atoms with E-state index in [9.17, 15) is 9.59 Å². The monoisotopic (exact) mass is 435 g/mol. The Morgan fingerprint density at radius 2 is 1.84 bits per heavy atom. The SMILES string of the molecule is Cc1nn(CCC(=O)NCc2cccc(Cl)c2)c(=O)c2nn(-c3ccccc3)c(C)c12. The number of benzene rings is 2. The molecule has 4 rings (SSSR count). The highest BCUT2D eigenvalue weighted by atomic mass is 35.5. The molecule has 0 radical (unpaired) electrons. The number of hydrogen-bond acceptors (Lipinski definition) is 4. The van der Waals surface area contributed by atoms with Gasteiger partial charge in [0.2, 0.25) is 5.91 Å². The quantitative estimate of drug-likeness (QED) is 0.502. The fourth-order valence-electron chi connectivity index (χ4n) is 3.60. The minimum Gasteiger partial charge on any atom is -0.352 e. The molecule has 2 aromatic carbocycles. The lowest BCUT2D eigenvalue weighted by Crippen LogP contribution is -2.29. The summed E-state index contributed by atoms with van der Waals surface area (Å²) in [7, 11) is 0. The molecule has 0 fully saturated rings. The van der Waals surface area contributed by atoms with Crippen molar-refractivity contribution in [3.8, 4) is 5.69 Å². The van der Waals surface area contributed by atoms with Crippen LogP contribution in [0.2, 0.25) is 5.02 Å². The zero-order valence-corrected chi connectivity index (χ0v) is 18.1. The minimum atomic E-state index is -0.305. The Morgan fingerprint density at radius 1 is 1.06 bits per heavy atom. The number of nitrogens with one attached hydrogen (secondary N) is 1. The zero-order valence-electron chi connectivity index (χ0n) is 17.3. The summed E-state index contributed by atoms with van der Waals surface area (Å²) in [5, 5.41) is 13.2. The number of aryl methyl sites for hydroxylation is 3. The van der Waals surface area contributed by atoms with Crippen molar-refractivity contribution in [1.29, 1.82) is 0 Å². The van der Waals surface area contributed by atoms with Crippen molar-refractivity contribution in [3.63, 3.8) is 0 Å². The van der Waals surface area contributed by atoms with Gasteiger partial charge in [-0.05, 0) is 43.7 Å². The first-order valence-corrected chi connectivity index (χ1v) is 10.4. The topological polar surface area (TPSA) is 81.8 Å². The first-order chi connectivity index (χ1) is 14.9. The van der Waals surface area contributed by atoms with Crippen molar-refractivity contribution >= 4 is 28.4 Å². The summed E-state index contributed by atoms with van der Waals surface area (Å²) in [5.41, 5.74) is 3.40. The molecule has 0 spiro atoms. The van der Waals surface area contributed by atoms with Gasteiger partial charge in [0.15, 0.2) is 5.52 Å². The van der Waals surface area contributed by atoms with E-state index in [0.717, 1.165) is 22.3 Å². The number of amides is 1. The summed E-state index contributed by atoms with van der Waals surface area (Å²) >= 11 is 5.97. The number of rotatable bonds is 6. The number of carbonyl (C=O) groups excluding carboxylic acids is 1. The van der Waals surface area contributed by atoms with Crippen molar-refractivity contribution in [2.75, 3.05) is 0 Å². The van der Waals surface area contributed by atoms with E-state index in [1.165, 1.54) is 4.68 Å². The lowest BCUT2D eigenvalue weighted by atomic mass is 10.2. The van der Waals surface area contributed by atoms with Gasteiger partial charge in [0.1, 0.15) is 0 Å². The van der Waals surface area contributed by atoms with Crippen molar-refractivity contribution in [1.82, 2.24) is 24.9 Å². The minimum absolute atomic E-state index is 0.136. The molecule has 0 aliphatic heterocycles. The first-order valence-electron chi connectivity index (χ1n) is 9.97. The molecule has 0 saturated carbocycles. The molecule has 0 aliphatic rings. The van der Waals surface area contributed by atoms with Crippen molar-refractivity contribution in [2.24, 2.45) is 0 Å². The van der Waals surface area contributed by atoms with Crippen LogP contribution in [-0.2, 0) is 17.9 Å². The highest BCUT2D eigenvalue weighted by Gasteiger charge is 2.17. The van der Waals surface area contributed by atoms with E-state index in [-0.39, 0.29) is 24.4 Å². The molecular formula is C23H22ClN5O2. The maximum absolute atomic E-state index is 13.0. The van der Waals surface area contributed by atoms with Crippen molar-refractivity contribution in [3.05, 3.63) is 86.9 Å². The fourth-order valence-corrected chi connectivity index (χ4v) is 3.81. The molecule has 8 heteroatoms. The standard InChI is InChI=1S/C23H22ClN5O2/c1-15-21-16(2)29(19-9-4-3-5-10-19)27-22(21)23(31)28(26-15)12-11-20(30)25-14-17-7-6-8-18(24)13-17/h3-10,13H,11-12,14H2,1-2H3,(H,25,30). The Labute approximate surface area is 184 Å². The van der Waals surface area contributed by atoms with Crippen LogP contribution in [0, 0.1) is 13.8 Å². The van der Waals surface area contributed by atoms with Crippen LogP contribution in [0.25, 0.3) is 16.6 Å². The number of carbonyl (C=O) groups is 1. The van der Waals surface area contributed by atoms with E-state index in [0.29, 0.717) is 22.8 Å². The van der Waals surface area contributed by atoms with Gasteiger partial charge >= 0.3 is 0 Å². The summed E-state index contributed by atoms with van der Waals surface area (Å²) < 4.78 is 3.07. The van der Waals surface area contributed by atoms with Crippen LogP contribution < -0.4 is 10.9 Å². The molecule has 0 saturated heterocycles. The van der Waals surface area contributed by atoms with Gasteiger partial charge in [-0.1, -0.05) is 41.9 Å². The summed E-state index contributed by atoms with van der Waals surface area (Å²) in [6.07, 6.45) is 0.136. The Kier molecular flexibility index (Phi) is 5.86. The number of para-hydroxylation sites is 1. The molecule has 158 valence electrons. The van der Waals surface area contributed by atoms with Gasteiger partial charge in [-0.25, -0.2) is 9.36 Å². The van der Waals surface area contributed by atoms with E-state index < -0.39 is 0 Å². The van der Waals surface area contributed by atoms with Crippen molar-refractivity contribution in [2.45, 2.75) is 33.4 Å². The normalized spacial score (nSPS) is 11.1. The van der Waals surface area contributed by atoms with Gasteiger partial charge in [-0.3, -0.25) is 9.59 Å². The third kappa shape index (κ3) is 4.36. The number of hydrogen-bond donors (Lipinski definition) is 1. The molecule has 0 unspecified atom stereocenters. The molecule has 0 aliphatic carbocycles. The molecule has 2 heterocycles. The van der Waals surface area contributed by atoms with E-state index in [2.05, 4.69) is 15.5 Å². The Balaban J connectivity index is 1.52. The van der Waals surface area contributed by atoms with E-state index in [1.54, 1.807) is 16.8 Å². The molecule has 31 heavy (non-hydrogen) atoms. The second-order valence-electron chi connectivity index (χ2n) is 7.33. The van der Waals surface area contributed by atoms with Gasteiger partial charge in [-0.15, -0.1) is 0 Å². The summed E-state index contributed by atoms with van der Waals surface area (Å²) in [6, 6.07) is 17.0. The Morgan fingerprint density at radius 3 is 2.58 bits per heavy atom. The van der Waals surface area contributed by atoms with Crippen LogP contribution in [-0.4, -0.2) is 25.5 Å². The molecule has 0 atom stereocenters. The molecule has 7 nitrogen and oxygen atoms in total. The summed E-state index contributed by atoms with van der Waals surface area (Å²) in [5.74, 6) is -0.169. The summed E-state index contributed by atoms with van der Waals surface area (Å²) in [6.45, 7) is 4.32. The second-order valence-corrected chi connectivity index (χ2v) is 7.76. The van der Waals surface area contributed by atoms with Crippen LogP contribution in [0.4, 0.5) is 0 Å². The van der Waals surface area contributed by atoms with Gasteiger partial charge < -0.3 is 5.32 Å². The fraction of sp³-hybridized carbons (Fsp3) is 0.217. The van der Waals surface area contributed by atoms with Gasteiger partial charge in [0, 0.05) is 18.0 Å². The van der Waals surface area contributed by atoms with Crippen LogP contribution in [0.15, 0.2) is 59.4 Å². The number of halogens is 1. The maximum atomic E-state index is 13.0. The molecular weight excluding hydrogens is 414 g/mol. The average Bonchev–Trinajstić information content (AvgIpc) is 3.12. The lowest BCUT2D eigenvalue weighted by molar-refractivity contribution is -0.121. The van der Waals surface area contributed by atoms with Gasteiger partial charge in [-0.2, -0.15) is 10.2 Å². The third-order valence-electron chi connectivity index (χ3n) is 5.12. The van der Waals surface area contributed by atoms with E-state index in [1.807, 2.05) is 56.3 Å². The predicted molar refractivity (Wildman–Crippen MR) is 121 cm³/mol. The Hall–Kier alpha value is -3.45. The zero-order chi connectivity index (χ0) is 22.0. The predicted octanol–water partition coefficient (Wildman–Crippen LogP) is 3.56.